The van der Waals surface area contributed by atoms with Crippen LogP contribution in [0, 0.1) is 0 Å². The molecule has 0 bridgehead atoms. The largest absolute Gasteiger partial charge is 0.493 e. The Bertz CT molecular complexity index is 1100. The molecule has 0 saturated carbocycles. The zero-order valence-electron chi connectivity index (χ0n) is 18.1. The Balaban J connectivity index is 1.47. The molecule has 0 aliphatic rings. The number of rotatable bonds is 10. The highest BCUT2D eigenvalue weighted by molar-refractivity contribution is 6.10. The summed E-state index contributed by atoms with van der Waals surface area (Å²) in [6, 6.07) is 22.6. The minimum Gasteiger partial charge on any atom is -0.493 e. The third-order valence-corrected chi connectivity index (χ3v) is 4.47. The van der Waals surface area contributed by atoms with Gasteiger partial charge in [0.15, 0.2) is 18.1 Å². The van der Waals surface area contributed by atoms with Gasteiger partial charge in [0.1, 0.15) is 0 Å². The van der Waals surface area contributed by atoms with Gasteiger partial charge >= 0.3 is 5.97 Å². The average molecular weight is 448 g/mol. The van der Waals surface area contributed by atoms with Crippen LogP contribution in [0.1, 0.15) is 16.8 Å². The maximum atomic E-state index is 12.6. The third kappa shape index (κ3) is 7.10. The summed E-state index contributed by atoms with van der Waals surface area (Å²) in [5.74, 6) is -0.456. The first-order chi connectivity index (χ1) is 16.1. The van der Waals surface area contributed by atoms with Gasteiger partial charge < -0.3 is 24.8 Å². The summed E-state index contributed by atoms with van der Waals surface area (Å²) in [5, 5.41) is 5.37. The molecule has 33 heavy (non-hydrogen) atoms. The normalized spacial score (nSPS) is 10.1. The second-order valence-corrected chi connectivity index (χ2v) is 6.82. The van der Waals surface area contributed by atoms with Gasteiger partial charge in [-0.3, -0.25) is 14.4 Å². The van der Waals surface area contributed by atoms with E-state index < -0.39 is 18.5 Å². The van der Waals surface area contributed by atoms with Crippen molar-refractivity contribution in [1.29, 1.82) is 0 Å². The van der Waals surface area contributed by atoms with Gasteiger partial charge in [-0.2, -0.15) is 0 Å². The highest BCUT2D eigenvalue weighted by atomic mass is 16.5. The second kappa shape index (κ2) is 11.9. The van der Waals surface area contributed by atoms with Crippen LogP contribution < -0.4 is 20.1 Å². The van der Waals surface area contributed by atoms with Crippen LogP contribution in [0.15, 0.2) is 78.9 Å². The number of para-hydroxylation sites is 4. The van der Waals surface area contributed by atoms with Crippen molar-refractivity contribution in [1.82, 2.24) is 0 Å². The zero-order chi connectivity index (χ0) is 23.5. The van der Waals surface area contributed by atoms with E-state index in [1.807, 2.05) is 12.1 Å². The first kappa shape index (κ1) is 23.3. The monoisotopic (exact) mass is 448 g/mol. The molecule has 0 radical (unpaired) electrons. The maximum absolute atomic E-state index is 12.6. The summed E-state index contributed by atoms with van der Waals surface area (Å²) >= 11 is 0. The summed E-state index contributed by atoms with van der Waals surface area (Å²) in [6.07, 6.45) is -0.0403. The third-order valence-electron chi connectivity index (χ3n) is 4.47. The van der Waals surface area contributed by atoms with Gasteiger partial charge in [0.05, 0.1) is 31.4 Å². The van der Waals surface area contributed by atoms with Crippen molar-refractivity contribution in [2.75, 3.05) is 31.0 Å². The number of hydrogen-bond acceptors (Lipinski definition) is 6. The van der Waals surface area contributed by atoms with Gasteiger partial charge in [-0.1, -0.05) is 42.5 Å². The molecule has 0 spiro atoms. The number of carbonyl (C=O) groups excluding carboxylic acids is 3. The molecule has 0 atom stereocenters. The first-order valence-corrected chi connectivity index (χ1v) is 10.2. The molecule has 0 aliphatic carbocycles. The summed E-state index contributed by atoms with van der Waals surface area (Å²) < 4.78 is 15.7. The molecule has 3 aromatic rings. The summed E-state index contributed by atoms with van der Waals surface area (Å²) in [4.78, 5) is 36.8. The number of ether oxygens (including phenoxy) is 3. The molecule has 0 heterocycles. The van der Waals surface area contributed by atoms with Crippen molar-refractivity contribution in [2.45, 2.75) is 6.42 Å². The van der Waals surface area contributed by atoms with E-state index in [-0.39, 0.29) is 24.5 Å². The predicted octanol–water partition coefficient (Wildman–Crippen LogP) is 3.90. The highest BCUT2D eigenvalue weighted by Crippen LogP contribution is 2.25. The van der Waals surface area contributed by atoms with Crippen molar-refractivity contribution in [3.05, 3.63) is 84.4 Å². The molecular formula is C25H24N2O6. The number of esters is 1. The van der Waals surface area contributed by atoms with Gasteiger partial charge in [-0.15, -0.1) is 0 Å². The Labute approximate surface area is 191 Å². The van der Waals surface area contributed by atoms with Crippen molar-refractivity contribution in [3.8, 4) is 11.5 Å². The molecule has 3 rings (SSSR count). The van der Waals surface area contributed by atoms with Crippen molar-refractivity contribution < 1.29 is 28.6 Å². The molecule has 170 valence electrons. The van der Waals surface area contributed by atoms with Crippen molar-refractivity contribution in [2.24, 2.45) is 0 Å². The lowest BCUT2D eigenvalue weighted by molar-refractivity contribution is -0.147. The van der Waals surface area contributed by atoms with E-state index in [9.17, 15) is 14.4 Å². The molecule has 2 amide bonds. The fourth-order valence-corrected chi connectivity index (χ4v) is 2.90. The van der Waals surface area contributed by atoms with E-state index in [1.54, 1.807) is 66.7 Å². The maximum Gasteiger partial charge on any atom is 0.309 e. The number of hydrogen-bond donors (Lipinski definition) is 2. The number of anilines is 2. The van der Waals surface area contributed by atoms with Gasteiger partial charge in [0, 0.05) is 5.69 Å². The Morgan fingerprint density at radius 1 is 0.788 bits per heavy atom. The molecule has 8 heteroatoms. The average Bonchev–Trinajstić information content (AvgIpc) is 2.84. The molecule has 0 aromatic heterocycles. The van der Waals surface area contributed by atoms with Crippen LogP contribution in [0.5, 0.6) is 11.5 Å². The van der Waals surface area contributed by atoms with E-state index in [1.165, 1.54) is 7.11 Å². The molecular weight excluding hydrogens is 424 g/mol. The van der Waals surface area contributed by atoms with Gasteiger partial charge in [0.2, 0.25) is 0 Å². The van der Waals surface area contributed by atoms with E-state index >= 15 is 0 Å². The van der Waals surface area contributed by atoms with Crippen molar-refractivity contribution in [3.63, 3.8) is 0 Å². The van der Waals surface area contributed by atoms with Gasteiger partial charge in [-0.05, 0) is 36.4 Å². The standard InChI is InChI=1S/C25H24N2O6/c1-31-21-13-7-8-14-22(21)32-16-15-24(29)33-17-23(28)27-20-12-6-5-11-19(20)25(30)26-18-9-3-2-4-10-18/h2-14H,15-17H2,1H3,(H,26,30)(H,27,28). The van der Waals surface area contributed by atoms with Gasteiger partial charge in [0.25, 0.3) is 11.8 Å². The number of nitrogens with one attached hydrogen (secondary N) is 2. The molecule has 0 fully saturated rings. The second-order valence-electron chi connectivity index (χ2n) is 6.82. The topological polar surface area (TPSA) is 103 Å². The fraction of sp³-hybridized carbons (Fsp3) is 0.160. The number of carbonyl (C=O) groups is 3. The Hall–Kier alpha value is -4.33. The molecule has 0 aliphatic heterocycles. The number of methoxy groups -OCH3 is 1. The zero-order valence-corrected chi connectivity index (χ0v) is 18.1. The first-order valence-electron chi connectivity index (χ1n) is 10.2. The van der Waals surface area contributed by atoms with Crippen LogP contribution >= 0.6 is 0 Å². The molecule has 2 N–H and O–H groups in total. The lowest BCUT2D eigenvalue weighted by atomic mass is 10.1. The molecule has 3 aromatic carbocycles. The summed E-state index contributed by atoms with van der Waals surface area (Å²) in [6.45, 7) is -0.411. The predicted molar refractivity (Wildman–Crippen MR) is 124 cm³/mol. The summed E-state index contributed by atoms with van der Waals surface area (Å²) in [7, 11) is 1.53. The van der Waals surface area contributed by atoms with Crippen LogP contribution in [0.2, 0.25) is 0 Å². The minimum atomic E-state index is -0.588. The van der Waals surface area contributed by atoms with Crippen LogP contribution in [0.25, 0.3) is 0 Å². The fourth-order valence-electron chi connectivity index (χ4n) is 2.90. The van der Waals surface area contributed by atoms with Crippen LogP contribution in [0.4, 0.5) is 11.4 Å². The molecule has 0 saturated heterocycles. The smallest absolute Gasteiger partial charge is 0.309 e. The van der Waals surface area contributed by atoms with Crippen LogP contribution in [-0.2, 0) is 14.3 Å². The SMILES string of the molecule is COc1ccccc1OCCC(=O)OCC(=O)Nc1ccccc1C(=O)Nc1ccccc1. The van der Waals surface area contributed by atoms with E-state index in [2.05, 4.69) is 10.6 Å². The Kier molecular flexibility index (Phi) is 8.41. The Morgan fingerprint density at radius 3 is 2.21 bits per heavy atom. The lowest BCUT2D eigenvalue weighted by Gasteiger charge is -2.12. The summed E-state index contributed by atoms with van der Waals surface area (Å²) in [5.41, 5.74) is 1.23. The minimum absolute atomic E-state index is 0.0403. The van der Waals surface area contributed by atoms with Crippen molar-refractivity contribution >= 4 is 29.2 Å². The number of amides is 2. The van der Waals surface area contributed by atoms with E-state index in [0.717, 1.165) is 0 Å². The van der Waals surface area contributed by atoms with Crippen LogP contribution in [0.3, 0.4) is 0 Å². The van der Waals surface area contributed by atoms with E-state index in [0.29, 0.717) is 22.9 Å². The molecule has 0 unspecified atom stereocenters. The highest BCUT2D eigenvalue weighted by Gasteiger charge is 2.15. The Morgan fingerprint density at radius 2 is 1.45 bits per heavy atom. The quantitative estimate of drug-likeness (QED) is 0.456. The number of benzene rings is 3. The van der Waals surface area contributed by atoms with E-state index in [4.69, 9.17) is 14.2 Å². The van der Waals surface area contributed by atoms with Crippen LogP contribution in [-0.4, -0.2) is 38.1 Å². The van der Waals surface area contributed by atoms with Gasteiger partial charge in [-0.25, -0.2) is 0 Å². The molecule has 8 nitrogen and oxygen atoms in total. The lowest BCUT2D eigenvalue weighted by Crippen LogP contribution is -2.23.